The van der Waals surface area contributed by atoms with Gasteiger partial charge in [0.05, 0.1) is 4.88 Å². The molecule has 12 heavy (non-hydrogen) atoms. The minimum Gasteiger partial charge on any atom is -0.442 e. The number of carbonyl (C=O) groups is 1. The maximum atomic E-state index is 10.5. The summed E-state index contributed by atoms with van der Waals surface area (Å²) in [6, 6.07) is 3.86. The molecule has 2 rings (SSSR count). The van der Waals surface area contributed by atoms with Gasteiger partial charge < -0.3 is 4.74 Å². The smallest absolute Gasteiger partial charge is 0.428 e. The van der Waals surface area contributed by atoms with Gasteiger partial charge in [-0.05, 0) is 11.4 Å². The van der Waals surface area contributed by atoms with Crippen molar-refractivity contribution in [2.24, 2.45) is 5.10 Å². The van der Waals surface area contributed by atoms with E-state index in [1.54, 1.807) is 11.3 Å². The second kappa shape index (κ2) is 2.94. The molecule has 0 saturated heterocycles. The third-order valence-corrected chi connectivity index (χ3v) is 2.35. The number of rotatable bonds is 1. The first-order valence-corrected chi connectivity index (χ1v) is 4.27. The molecule has 0 saturated carbocycles. The van der Waals surface area contributed by atoms with Crippen molar-refractivity contribution in [3.63, 3.8) is 0 Å². The Balaban J connectivity index is 2.21. The number of hydrazone groups is 1. The highest BCUT2D eigenvalue weighted by molar-refractivity contribution is 7.12. The van der Waals surface area contributed by atoms with Crippen LogP contribution in [0.25, 0.3) is 0 Å². The predicted molar refractivity (Wildman–Crippen MR) is 45.3 cm³/mol. The minimum absolute atomic E-state index is 0.256. The van der Waals surface area contributed by atoms with Gasteiger partial charge in [0, 0.05) is 0 Å². The minimum atomic E-state index is -0.490. The lowest BCUT2D eigenvalue weighted by Gasteiger charge is -2.10. The van der Waals surface area contributed by atoms with Crippen molar-refractivity contribution in [1.29, 1.82) is 0 Å². The van der Waals surface area contributed by atoms with E-state index >= 15 is 0 Å². The SMILES string of the molecule is O=C1NN=C(c2cccs2)CO1. The Kier molecular flexibility index (Phi) is 1.79. The molecular formula is C7H6N2O2S. The molecule has 0 fully saturated rings. The maximum absolute atomic E-state index is 10.5. The molecule has 1 amide bonds. The number of cyclic esters (lactones) is 1. The van der Waals surface area contributed by atoms with Gasteiger partial charge in [0.15, 0.2) is 0 Å². The van der Waals surface area contributed by atoms with E-state index in [4.69, 9.17) is 4.74 Å². The van der Waals surface area contributed by atoms with Crippen LogP contribution in [-0.2, 0) is 4.74 Å². The molecule has 0 atom stereocenters. The van der Waals surface area contributed by atoms with Gasteiger partial charge in [0.2, 0.25) is 0 Å². The molecule has 1 aromatic rings. The summed E-state index contributed by atoms with van der Waals surface area (Å²) in [7, 11) is 0. The normalized spacial score (nSPS) is 16.3. The standard InChI is InChI=1S/C7H6N2O2S/c10-7-9-8-5(4-11-7)6-2-1-3-12-6/h1-3H,4H2,(H,9,10). The van der Waals surface area contributed by atoms with E-state index in [1.807, 2.05) is 17.5 Å². The maximum Gasteiger partial charge on any atom is 0.428 e. The summed E-state index contributed by atoms with van der Waals surface area (Å²) in [5.74, 6) is 0. The van der Waals surface area contributed by atoms with Crippen LogP contribution in [0.1, 0.15) is 4.88 Å². The number of thiophene rings is 1. The van der Waals surface area contributed by atoms with Crippen molar-refractivity contribution in [3.8, 4) is 0 Å². The van der Waals surface area contributed by atoms with Crippen molar-refractivity contribution in [2.45, 2.75) is 0 Å². The number of nitrogens with one attached hydrogen (secondary N) is 1. The largest absolute Gasteiger partial charge is 0.442 e. The van der Waals surface area contributed by atoms with Crippen molar-refractivity contribution >= 4 is 23.1 Å². The predicted octanol–water partition coefficient (Wildman–Crippen LogP) is 1.19. The summed E-state index contributed by atoms with van der Waals surface area (Å²) in [5.41, 5.74) is 3.02. The van der Waals surface area contributed by atoms with Crippen molar-refractivity contribution in [1.82, 2.24) is 5.43 Å². The second-order valence-electron chi connectivity index (χ2n) is 2.22. The summed E-state index contributed by atoms with van der Waals surface area (Å²) >= 11 is 1.57. The number of amides is 1. The number of hydrogen-bond donors (Lipinski definition) is 1. The quantitative estimate of drug-likeness (QED) is 0.709. The molecule has 1 aromatic heterocycles. The molecule has 5 heteroatoms. The Hall–Kier alpha value is -1.36. The second-order valence-corrected chi connectivity index (χ2v) is 3.17. The molecule has 0 spiro atoms. The zero-order chi connectivity index (χ0) is 8.39. The average Bonchev–Trinajstić information content (AvgIpc) is 2.58. The summed E-state index contributed by atoms with van der Waals surface area (Å²) in [6.07, 6.45) is -0.490. The number of hydrogen-bond acceptors (Lipinski definition) is 4. The molecule has 0 bridgehead atoms. The Morgan fingerprint density at radius 3 is 3.17 bits per heavy atom. The lowest BCUT2D eigenvalue weighted by atomic mass is 10.3. The van der Waals surface area contributed by atoms with E-state index < -0.39 is 6.09 Å². The Labute approximate surface area is 72.9 Å². The zero-order valence-corrected chi connectivity index (χ0v) is 6.93. The molecule has 62 valence electrons. The summed E-state index contributed by atoms with van der Waals surface area (Å²) in [5, 5.41) is 5.81. The molecule has 4 nitrogen and oxygen atoms in total. The van der Waals surface area contributed by atoms with Gasteiger partial charge in [-0.3, -0.25) is 0 Å². The first-order chi connectivity index (χ1) is 5.86. The van der Waals surface area contributed by atoms with Crippen LogP contribution in [0.15, 0.2) is 22.6 Å². The highest BCUT2D eigenvalue weighted by atomic mass is 32.1. The Morgan fingerprint density at radius 1 is 1.67 bits per heavy atom. The fourth-order valence-electron chi connectivity index (χ4n) is 0.881. The van der Waals surface area contributed by atoms with Crippen LogP contribution in [0.4, 0.5) is 4.79 Å². The zero-order valence-electron chi connectivity index (χ0n) is 6.11. The van der Waals surface area contributed by atoms with E-state index in [9.17, 15) is 4.79 Å². The van der Waals surface area contributed by atoms with E-state index in [-0.39, 0.29) is 6.61 Å². The van der Waals surface area contributed by atoms with E-state index in [0.717, 1.165) is 10.6 Å². The van der Waals surface area contributed by atoms with Gasteiger partial charge in [-0.1, -0.05) is 6.07 Å². The monoisotopic (exact) mass is 182 g/mol. The topological polar surface area (TPSA) is 50.7 Å². The fraction of sp³-hybridized carbons (Fsp3) is 0.143. The van der Waals surface area contributed by atoms with Crippen LogP contribution in [0.2, 0.25) is 0 Å². The molecule has 1 N–H and O–H groups in total. The third-order valence-electron chi connectivity index (χ3n) is 1.43. The number of ether oxygens (including phenoxy) is 1. The van der Waals surface area contributed by atoms with Gasteiger partial charge in [-0.15, -0.1) is 11.3 Å². The van der Waals surface area contributed by atoms with Crippen molar-refractivity contribution < 1.29 is 9.53 Å². The highest BCUT2D eigenvalue weighted by Gasteiger charge is 2.13. The first kappa shape index (κ1) is 7.30. The van der Waals surface area contributed by atoms with E-state index in [2.05, 4.69) is 10.5 Å². The molecule has 2 heterocycles. The molecule has 0 radical (unpaired) electrons. The number of carbonyl (C=O) groups excluding carboxylic acids is 1. The van der Waals surface area contributed by atoms with Gasteiger partial charge in [0.1, 0.15) is 12.3 Å². The summed E-state index contributed by atoms with van der Waals surface area (Å²) in [6.45, 7) is 0.256. The molecule has 0 unspecified atom stereocenters. The molecule has 0 aromatic carbocycles. The van der Waals surface area contributed by atoms with Crippen LogP contribution in [0.5, 0.6) is 0 Å². The van der Waals surface area contributed by atoms with Crippen LogP contribution in [0, 0.1) is 0 Å². The lowest BCUT2D eigenvalue weighted by Crippen LogP contribution is -2.30. The van der Waals surface area contributed by atoms with Gasteiger partial charge >= 0.3 is 6.09 Å². The van der Waals surface area contributed by atoms with Crippen LogP contribution in [0.3, 0.4) is 0 Å². The molecule has 1 aliphatic rings. The highest BCUT2D eigenvalue weighted by Crippen LogP contribution is 2.11. The molecule has 0 aliphatic carbocycles. The van der Waals surface area contributed by atoms with Gasteiger partial charge in [-0.25, -0.2) is 10.2 Å². The summed E-state index contributed by atoms with van der Waals surface area (Å²) < 4.78 is 4.74. The average molecular weight is 182 g/mol. The van der Waals surface area contributed by atoms with Gasteiger partial charge in [-0.2, -0.15) is 5.10 Å². The number of nitrogens with zero attached hydrogens (tertiary/aromatic N) is 1. The lowest BCUT2D eigenvalue weighted by molar-refractivity contribution is 0.157. The van der Waals surface area contributed by atoms with Crippen molar-refractivity contribution in [2.75, 3.05) is 6.61 Å². The molecule has 1 aliphatic heterocycles. The van der Waals surface area contributed by atoms with E-state index in [1.165, 1.54) is 0 Å². The van der Waals surface area contributed by atoms with Crippen LogP contribution >= 0.6 is 11.3 Å². The Bertz CT molecular complexity index is 318. The van der Waals surface area contributed by atoms with E-state index in [0.29, 0.717) is 0 Å². The first-order valence-electron chi connectivity index (χ1n) is 3.39. The van der Waals surface area contributed by atoms with Crippen LogP contribution < -0.4 is 5.43 Å². The van der Waals surface area contributed by atoms with Gasteiger partial charge in [0.25, 0.3) is 0 Å². The van der Waals surface area contributed by atoms with Crippen LogP contribution in [-0.4, -0.2) is 18.4 Å². The Morgan fingerprint density at radius 2 is 2.58 bits per heavy atom. The molecular weight excluding hydrogens is 176 g/mol. The third kappa shape index (κ3) is 1.31. The fourth-order valence-corrected chi connectivity index (χ4v) is 1.58. The van der Waals surface area contributed by atoms with Crippen molar-refractivity contribution in [3.05, 3.63) is 22.4 Å². The summed E-state index contributed by atoms with van der Waals surface area (Å²) in [4.78, 5) is 11.6.